The smallest absolute Gasteiger partial charge is 0.318 e. The van der Waals surface area contributed by atoms with Crippen molar-refractivity contribution in [3.8, 4) is 5.75 Å². The Labute approximate surface area is 195 Å². The molecule has 5 rings (SSSR count). The Hall–Kier alpha value is -3.02. The van der Waals surface area contributed by atoms with Crippen LogP contribution in [0.3, 0.4) is 0 Å². The fourth-order valence-corrected chi connectivity index (χ4v) is 6.01. The average molecular weight is 448 g/mol. The predicted molar refractivity (Wildman–Crippen MR) is 127 cm³/mol. The quantitative estimate of drug-likeness (QED) is 0.752. The van der Waals surface area contributed by atoms with Gasteiger partial charge in [-0.1, -0.05) is 43.3 Å². The summed E-state index contributed by atoms with van der Waals surface area (Å²) in [4.78, 5) is 31.0. The van der Waals surface area contributed by atoms with Gasteiger partial charge in [0.2, 0.25) is 5.91 Å². The van der Waals surface area contributed by atoms with Gasteiger partial charge in [0, 0.05) is 19.1 Å². The summed E-state index contributed by atoms with van der Waals surface area (Å²) < 4.78 is 5.37. The Morgan fingerprint density at radius 2 is 2.03 bits per heavy atom. The van der Waals surface area contributed by atoms with Crippen molar-refractivity contribution in [1.82, 2.24) is 15.1 Å². The third kappa shape index (κ3) is 3.96. The number of urea groups is 1. The lowest BCUT2D eigenvalue weighted by Gasteiger charge is -2.51. The van der Waals surface area contributed by atoms with Crippen LogP contribution in [0.1, 0.15) is 61.4 Å². The van der Waals surface area contributed by atoms with Crippen LogP contribution in [-0.2, 0) is 11.2 Å². The number of amides is 3. The van der Waals surface area contributed by atoms with Gasteiger partial charge in [-0.05, 0) is 60.9 Å². The summed E-state index contributed by atoms with van der Waals surface area (Å²) in [5.74, 6) is 0.915. The largest absolute Gasteiger partial charge is 0.497 e. The third-order valence-electron chi connectivity index (χ3n) is 7.72. The van der Waals surface area contributed by atoms with Gasteiger partial charge in [0.05, 0.1) is 25.1 Å². The van der Waals surface area contributed by atoms with E-state index in [0.717, 1.165) is 50.0 Å². The van der Waals surface area contributed by atoms with E-state index in [-0.39, 0.29) is 36.0 Å². The lowest BCUT2D eigenvalue weighted by atomic mass is 9.76. The lowest BCUT2D eigenvalue weighted by Crippen LogP contribution is -2.61. The van der Waals surface area contributed by atoms with Gasteiger partial charge in [-0.15, -0.1) is 0 Å². The molecule has 6 nitrogen and oxygen atoms in total. The monoisotopic (exact) mass is 447 g/mol. The SMILES string of the molecule is CC[C@@H](NC(=O)N1CCC[C@@H]2C(=O)N3CCc4ccccc4[C@@H]3C[C@@H]21)c1cccc(OC)c1. The molecular weight excluding hydrogens is 414 g/mol. The zero-order valence-electron chi connectivity index (χ0n) is 19.5. The molecule has 0 bridgehead atoms. The highest BCUT2D eigenvalue weighted by atomic mass is 16.5. The first-order chi connectivity index (χ1) is 16.1. The fourth-order valence-electron chi connectivity index (χ4n) is 6.01. The van der Waals surface area contributed by atoms with Crippen LogP contribution in [0.25, 0.3) is 0 Å². The molecule has 0 unspecified atom stereocenters. The summed E-state index contributed by atoms with van der Waals surface area (Å²) in [5.41, 5.74) is 3.62. The number of carbonyl (C=O) groups excluding carboxylic acids is 2. The molecule has 0 spiro atoms. The second-order valence-corrected chi connectivity index (χ2v) is 9.43. The maximum absolute atomic E-state index is 13.5. The van der Waals surface area contributed by atoms with Crippen LogP contribution in [0.15, 0.2) is 48.5 Å². The highest BCUT2D eigenvalue weighted by Gasteiger charge is 2.48. The van der Waals surface area contributed by atoms with E-state index in [9.17, 15) is 9.59 Å². The number of benzene rings is 2. The minimum Gasteiger partial charge on any atom is -0.497 e. The number of likely N-dealkylation sites (tertiary alicyclic amines) is 1. The minimum absolute atomic E-state index is 0.0542. The first kappa shape index (κ1) is 21.8. The van der Waals surface area contributed by atoms with Crippen molar-refractivity contribution in [3.05, 3.63) is 65.2 Å². The summed E-state index contributed by atoms with van der Waals surface area (Å²) in [6.45, 7) is 3.55. The number of piperidine rings is 2. The molecule has 0 saturated carbocycles. The van der Waals surface area contributed by atoms with Crippen LogP contribution in [0.5, 0.6) is 5.75 Å². The molecular formula is C27H33N3O3. The van der Waals surface area contributed by atoms with Crippen molar-refractivity contribution in [2.45, 2.75) is 57.2 Å². The number of nitrogens with one attached hydrogen (secondary N) is 1. The molecule has 2 fully saturated rings. The van der Waals surface area contributed by atoms with E-state index in [1.165, 1.54) is 11.1 Å². The van der Waals surface area contributed by atoms with E-state index in [0.29, 0.717) is 6.54 Å². The molecule has 2 saturated heterocycles. The van der Waals surface area contributed by atoms with E-state index in [1.807, 2.05) is 29.2 Å². The Kier molecular flexibility index (Phi) is 6.00. The molecule has 1 N–H and O–H groups in total. The number of methoxy groups -OCH3 is 1. The molecule has 3 heterocycles. The summed E-state index contributed by atoms with van der Waals surface area (Å²) in [7, 11) is 1.65. The molecule has 3 aliphatic heterocycles. The Balaban J connectivity index is 1.38. The highest BCUT2D eigenvalue weighted by molar-refractivity contribution is 5.83. The average Bonchev–Trinajstić information content (AvgIpc) is 2.87. The molecule has 2 aromatic rings. The van der Waals surface area contributed by atoms with Gasteiger partial charge in [-0.25, -0.2) is 4.79 Å². The lowest BCUT2D eigenvalue weighted by molar-refractivity contribution is -0.148. The highest BCUT2D eigenvalue weighted by Crippen LogP contribution is 2.43. The summed E-state index contributed by atoms with van der Waals surface area (Å²) in [6, 6.07) is 16.2. The molecule has 0 aliphatic carbocycles. The third-order valence-corrected chi connectivity index (χ3v) is 7.72. The van der Waals surface area contributed by atoms with Crippen LogP contribution >= 0.6 is 0 Å². The molecule has 0 radical (unpaired) electrons. The van der Waals surface area contributed by atoms with Crippen molar-refractivity contribution < 1.29 is 14.3 Å². The molecule has 3 amide bonds. The number of nitrogens with zero attached hydrogens (tertiary/aromatic N) is 2. The number of rotatable bonds is 4. The molecule has 3 aliphatic rings. The van der Waals surface area contributed by atoms with Crippen molar-refractivity contribution >= 4 is 11.9 Å². The number of hydrogen-bond donors (Lipinski definition) is 1. The van der Waals surface area contributed by atoms with Crippen LogP contribution in [-0.4, -0.2) is 48.0 Å². The zero-order valence-corrected chi connectivity index (χ0v) is 19.5. The number of fused-ring (bicyclic) bond motifs is 4. The number of ether oxygens (including phenoxy) is 1. The fraction of sp³-hybridized carbons (Fsp3) is 0.481. The summed E-state index contributed by atoms with van der Waals surface area (Å²) in [6.07, 6.45) is 4.25. The van der Waals surface area contributed by atoms with Gasteiger partial charge >= 0.3 is 6.03 Å². The molecule has 2 aromatic carbocycles. The van der Waals surface area contributed by atoms with E-state index in [2.05, 4.69) is 41.4 Å². The summed E-state index contributed by atoms with van der Waals surface area (Å²) in [5, 5.41) is 3.25. The topological polar surface area (TPSA) is 61.9 Å². The van der Waals surface area contributed by atoms with Crippen LogP contribution in [0.2, 0.25) is 0 Å². The maximum atomic E-state index is 13.5. The second-order valence-electron chi connectivity index (χ2n) is 9.43. The van der Waals surface area contributed by atoms with E-state index >= 15 is 0 Å². The Morgan fingerprint density at radius 3 is 2.85 bits per heavy atom. The van der Waals surface area contributed by atoms with E-state index < -0.39 is 0 Å². The Morgan fingerprint density at radius 1 is 1.18 bits per heavy atom. The normalized spacial score (nSPS) is 24.9. The molecule has 4 atom stereocenters. The first-order valence-corrected chi connectivity index (χ1v) is 12.2. The van der Waals surface area contributed by atoms with Gasteiger partial charge in [0.1, 0.15) is 5.75 Å². The first-order valence-electron chi connectivity index (χ1n) is 12.2. The van der Waals surface area contributed by atoms with Crippen molar-refractivity contribution in [3.63, 3.8) is 0 Å². The number of carbonyl (C=O) groups is 2. The van der Waals surface area contributed by atoms with E-state index in [4.69, 9.17) is 4.74 Å². The second kappa shape index (κ2) is 9.08. The van der Waals surface area contributed by atoms with Crippen LogP contribution < -0.4 is 10.1 Å². The van der Waals surface area contributed by atoms with Crippen molar-refractivity contribution in [1.29, 1.82) is 0 Å². The molecule has 174 valence electrons. The van der Waals surface area contributed by atoms with Crippen LogP contribution in [0.4, 0.5) is 4.79 Å². The van der Waals surface area contributed by atoms with Gasteiger partial charge in [-0.2, -0.15) is 0 Å². The standard InChI is InChI=1S/C27H33N3O3/c1-3-23(19-9-6-10-20(16-19)33-2)28-27(32)30-14-7-12-22-25(30)17-24-21-11-5-4-8-18(21)13-15-29(24)26(22)31/h4-6,8-11,16,22-25H,3,7,12-15,17H2,1-2H3,(H,28,32)/t22-,23+,24-,25-/m0/s1. The zero-order chi connectivity index (χ0) is 22.9. The molecule has 0 aromatic heterocycles. The van der Waals surface area contributed by atoms with Crippen molar-refractivity contribution in [2.24, 2.45) is 5.92 Å². The van der Waals surface area contributed by atoms with Gasteiger partial charge in [0.15, 0.2) is 0 Å². The van der Waals surface area contributed by atoms with Crippen LogP contribution in [0, 0.1) is 5.92 Å². The Bertz CT molecular complexity index is 1040. The molecule has 6 heteroatoms. The number of hydrogen-bond acceptors (Lipinski definition) is 3. The minimum atomic E-state index is -0.0980. The van der Waals surface area contributed by atoms with Crippen molar-refractivity contribution in [2.75, 3.05) is 20.2 Å². The maximum Gasteiger partial charge on any atom is 0.318 e. The van der Waals surface area contributed by atoms with Gasteiger partial charge in [-0.3, -0.25) is 4.79 Å². The molecule has 33 heavy (non-hydrogen) atoms. The van der Waals surface area contributed by atoms with Gasteiger partial charge < -0.3 is 19.9 Å². The predicted octanol–water partition coefficient (Wildman–Crippen LogP) is 4.47. The summed E-state index contributed by atoms with van der Waals surface area (Å²) >= 11 is 0. The van der Waals surface area contributed by atoms with E-state index in [1.54, 1.807) is 7.11 Å². The van der Waals surface area contributed by atoms with Gasteiger partial charge in [0.25, 0.3) is 0 Å².